The van der Waals surface area contributed by atoms with Gasteiger partial charge in [-0.3, -0.25) is 4.79 Å². The molecule has 0 saturated heterocycles. The third-order valence-electron chi connectivity index (χ3n) is 4.92. The van der Waals surface area contributed by atoms with E-state index >= 15 is 0 Å². The first kappa shape index (κ1) is 18.8. The summed E-state index contributed by atoms with van der Waals surface area (Å²) >= 11 is 7.47. The van der Waals surface area contributed by atoms with Gasteiger partial charge in [0.05, 0.1) is 5.56 Å². The van der Waals surface area contributed by atoms with E-state index in [1.165, 1.54) is 4.88 Å². The van der Waals surface area contributed by atoms with Crippen molar-refractivity contribution in [2.75, 3.05) is 5.32 Å². The Hall–Kier alpha value is -2.55. The van der Waals surface area contributed by atoms with Crippen molar-refractivity contribution >= 4 is 33.8 Å². The number of furan rings is 1. The van der Waals surface area contributed by atoms with Crippen LogP contribution < -0.4 is 5.32 Å². The Morgan fingerprint density at radius 1 is 1.18 bits per heavy atom. The van der Waals surface area contributed by atoms with Gasteiger partial charge in [-0.2, -0.15) is 5.26 Å². The minimum atomic E-state index is -0.0976. The molecule has 1 amide bonds. The van der Waals surface area contributed by atoms with Gasteiger partial charge in [0.1, 0.15) is 22.6 Å². The summed E-state index contributed by atoms with van der Waals surface area (Å²) in [6, 6.07) is 13.5. The molecular formula is C22H19ClN2O2S. The van der Waals surface area contributed by atoms with Crippen LogP contribution in [0.5, 0.6) is 0 Å². The van der Waals surface area contributed by atoms with Gasteiger partial charge in [0.25, 0.3) is 0 Å². The van der Waals surface area contributed by atoms with Gasteiger partial charge in [0.15, 0.2) is 0 Å². The summed E-state index contributed by atoms with van der Waals surface area (Å²) in [6.07, 6.45) is 5.02. The highest BCUT2D eigenvalue weighted by Gasteiger charge is 2.21. The molecule has 0 atom stereocenters. The van der Waals surface area contributed by atoms with E-state index in [9.17, 15) is 10.1 Å². The summed E-state index contributed by atoms with van der Waals surface area (Å²) in [6.45, 7) is 0. The van der Waals surface area contributed by atoms with Crippen LogP contribution in [0.2, 0.25) is 5.02 Å². The summed E-state index contributed by atoms with van der Waals surface area (Å²) in [5.41, 5.74) is 2.73. The minimum absolute atomic E-state index is 0.0976. The molecule has 2 aromatic heterocycles. The Morgan fingerprint density at radius 3 is 2.75 bits per heavy atom. The predicted octanol–water partition coefficient (Wildman–Crippen LogP) is 5.98. The van der Waals surface area contributed by atoms with Crippen LogP contribution in [0.4, 0.5) is 5.00 Å². The van der Waals surface area contributed by atoms with E-state index in [4.69, 9.17) is 16.0 Å². The second-order valence-corrected chi connectivity index (χ2v) is 8.39. The van der Waals surface area contributed by atoms with Crippen molar-refractivity contribution in [1.29, 1.82) is 5.26 Å². The van der Waals surface area contributed by atoms with Gasteiger partial charge in [-0.1, -0.05) is 11.6 Å². The van der Waals surface area contributed by atoms with E-state index in [0.29, 0.717) is 28.4 Å². The molecule has 142 valence electrons. The van der Waals surface area contributed by atoms with Crippen molar-refractivity contribution in [3.8, 4) is 17.4 Å². The quantitative estimate of drug-likeness (QED) is 0.562. The molecule has 1 aliphatic carbocycles. The first-order valence-corrected chi connectivity index (χ1v) is 10.5. The number of amides is 1. The molecule has 0 unspecified atom stereocenters. The fourth-order valence-corrected chi connectivity index (χ4v) is 4.86. The second-order valence-electron chi connectivity index (χ2n) is 6.85. The van der Waals surface area contributed by atoms with Crippen molar-refractivity contribution in [2.24, 2.45) is 0 Å². The number of anilines is 1. The van der Waals surface area contributed by atoms with Crippen LogP contribution in [0.25, 0.3) is 11.3 Å². The van der Waals surface area contributed by atoms with E-state index in [0.717, 1.165) is 48.3 Å². The van der Waals surface area contributed by atoms with Crippen LogP contribution in [-0.4, -0.2) is 5.91 Å². The number of rotatable bonds is 5. The lowest BCUT2D eigenvalue weighted by Gasteiger charge is -2.09. The Morgan fingerprint density at radius 2 is 1.96 bits per heavy atom. The number of nitrogens with one attached hydrogen (secondary N) is 1. The zero-order chi connectivity index (χ0) is 19.5. The first-order chi connectivity index (χ1) is 13.6. The fraction of sp³-hybridized carbons (Fsp3) is 0.273. The van der Waals surface area contributed by atoms with E-state index < -0.39 is 0 Å². The summed E-state index contributed by atoms with van der Waals surface area (Å²) in [4.78, 5) is 13.7. The zero-order valence-corrected chi connectivity index (χ0v) is 16.8. The van der Waals surface area contributed by atoms with E-state index in [2.05, 4.69) is 11.4 Å². The maximum Gasteiger partial charge on any atom is 0.225 e. The van der Waals surface area contributed by atoms with Gasteiger partial charge in [-0.05, 0) is 67.6 Å². The number of thiophene rings is 1. The Bertz CT molecular complexity index is 1040. The molecule has 0 spiro atoms. The molecule has 2 heterocycles. The average Bonchev–Trinajstić information content (AvgIpc) is 3.31. The van der Waals surface area contributed by atoms with Gasteiger partial charge in [-0.25, -0.2) is 0 Å². The third-order valence-corrected chi connectivity index (χ3v) is 6.38. The maximum atomic E-state index is 12.4. The van der Waals surface area contributed by atoms with Crippen LogP contribution in [0, 0.1) is 11.3 Å². The molecule has 1 aliphatic rings. The topological polar surface area (TPSA) is 66.0 Å². The molecule has 4 nitrogen and oxygen atoms in total. The largest absolute Gasteiger partial charge is 0.461 e. The zero-order valence-electron chi connectivity index (χ0n) is 15.3. The van der Waals surface area contributed by atoms with Gasteiger partial charge >= 0.3 is 0 Å². The molecule has 0 bridgehead atoms. The highest BCUT2D eigenvalue weighted by atomic mass is 35.5. The highest BCUT2D eigenvalue weighted by Crippen LogP contribution is 2.37. The van der Waals surface area contributed by atoms with Gasteiger partial charge in [0.2, 0.25) is 5.91 Å². The molecule has 0 fully saturated rings. The van der Waals surface area contributed by atoms with Crippen molar-refractivity contribution in [3.63, 3.8) is 0 Å². The number of nitrogens with zero attached hydrogens (tertiary/aromatic N) is 1. The van der Waals surface area contributed by atoms with Crippen LogP contribution >= 0.6 is 22.9 Å². The summed E-state index contributed by atoms with van der Waals surface area (Å²) in [7, 11) is 0. The SMILES string of the molecule is N#Cc1c(NC(=O)CCc2ccc(-c3ccc(Cl)cc3)o2)sc2c1CCCC2. The number of carbonyl (C=O) groups is 1. The average molecular weight is 411 g/mol. The molecular weight excluding hydrogens is 392 g/mol. The molecule has 0 aliphatic heterocycles. The standard InChI is InChI=1S/C22H19ClN2O2S/c23-15-7-5-14(6-8-15)19-11-9-16(27-19)10-12-21(26)25-22-18(13-24)17-3-1-2-4-20(17)28-22/h5-9,11H,1-4,10,12H2,(H,25,26). The van der Waals surface area contributed by atoms with Gasteiger partial charge < -0.3 is 9.73 Å². The van der Waals surface area contributed by atoms with Gasteiger partial charge in [0, 0.05) is 28.3 Å². The number of benzene rings is 1. The fourth-order valence-electron chi connectivity index (χ4n) is 3.48. The Balaban J connectivity index is 1.38. The van der Waals surface area contributed by atoms with Crippen LogP contribution in [0.15, 0.2) is 40.8 Å². The molecule has 1 aromatic carbocycles. The molecule has 1 N–H and O–H groups in total. The molecule has 3 aromatic rings. The van der Waals surface area contributed by atoms with Crippen molar-refractivity contribution < 1.29 is 9.21 Å². The number of hydrogen-bond donors (Lipinski definition) is 1. The van der Waals surface area contributed by atoms with E-state index in [-0.39, 0.29) is 5.91 Å². The number of aryl methyl sites for hydroxylation is 2. The number of halogens is 1. The van der Waals surface area contributed by atoms with Crippen molar-refractivity contribution in [1.82, 2.24) is 0 Å². The van der Waals surface area contributed by atoms with Crippen LogP contribution in [0.3, 0.4) is 0 Å². The summed E-state index contributed by atoms with van der Waals surface area (Å²) in [5, 5.41) is 13.8. The number of nitriles is 1. The second kappa shape index (κ2) is 8.22. The summed E-state index contributed by atoms with van der Waals surface area (Å²) in [5.74, 6) is 1.41. The first-order valence-electron chi connectivity index (χ1n) is 9.33. The highest BCUT2D eigenvalue weighted by molar-refractivity contribution is 7.16. The number of carbonyl (C=O) groups excluding carboxylic acids is 1. The van der Waals surface area contributed by atoms with E-state index in [1.54, 1.807) is 11.3 Å². The van der Waals surface area contributed by atoms with Gasteiger partial charge in [-0.15, -0.1) is 11.3 Å². The lowest BCUT2D eigenvalue weighted by molar-refractivity contribution is -0.116. The van der Waals surface area contributed by atoms with Crippen molar-refractivity contribution in [3.05, 3.63) is 63.2 Å². The smallest absolute Gasteiger partial charge is 0.225 e. The Kier molecular flexibility index (Phi) is 5.52. The monoisotopic (exact) mass is 410 g/mol. The maximum absolute atomic E-state index is 12.4. The lowest BCUT2D eigenvalue weighted by atomic mass is 9.96. The third kappa shape index (κ3) is 3.99. The molecule has 6 heteroatoms. The molecule has 4 rings (SSSR count). The van der Waals surface area contributed by atoms with Crippen LogP contribution in [0.1, 0.15) is 41.0 Å². The van der Waals surface area contributed by atoms with E-state index in [1.807, 2.05) is 36.4 Å². The Labute approximate surface area is 172 Å². The van der Waals surface area contributed by atoms with Crippen LogP contribution in [-0.2, 0) is 24.1 Å². The normalized spacial score (nSPS) is 13.0. The molecule has 28 heavy (non-hydrogen) atoms. The minimum Gasteiger partial charge on any atom is -0.461 e. The van der Waals surface area contributed by atoms with Crippen molar-refractivity contribution in [2.45, 2.75) is 38.5 Å². The summed E-state index contributed by atoms with van der Waals surface area (Å²) < 4.78 is 5.85. The molecule has 0 saturated carbocycles. The number of hydrogen-bond acceptors (Lipinski definition) is 4. The lowest BCUT2D eigenvalue weighted by Crippen LogP contribution is -2.12. The predicted molar refractivity (Wildman–Crippen MR) is 112 cm³/mol. The number of fused-ring (bicyclic) bond motifs is 1. The molecule has 0 radical (unpaired) electrons.